The molecular formula is C16H18FN3O2S. The second-order valence-corrected chi connectivity index (χ2v) is 6.47. The van der Waals surface area contributed by atoms with Gasteiger partial charge in [-0.25, -0.2) is 9.37 Å². The van der Waals surface area contributed by atoms with E-state index in [0.29, 0.717) is 25.3 Å². The molecule has 1 fully saturated rings. The van der Waals surface area contributed by atoms with E-state index in [2.05, 4.69) is 4.98 Å². The first kappa shape index (κ1) is 16.0. The molecule has 1 amide bonds. The van der Waals surface area contributed by atoms with E-state index in [9.17, 15) is 9.18 Å². The van der Waals surface area contributed by atoms with Gasteiger partial charge in [0.05, 0.1) is 12.6 Å². The molecule has 2 N–H and O–H groups in total. The van der Waals surface area contributed by atoms with Crippen LogP contribution in [0.3, 0.4) is 0 Å². The van der Waals surface area contributed by atoms with Crippen molar-refractivity contribution in [1.82, 2.24) is 9.88 Å². The van der Waals surface area contributed by atoms with E-state index in [1.807, 2.05) is 6.92 Å². The molecule has 0 bridgehead atoms. The van der Waals surface area contributed by atoms with Gasteiger partial charge in [-0.2, -0.15) is 0 Å². The Hall–Kier alpha value is -1.83. The maximum atomic E-state index is 13.1. The second-order valence-electron chi connectivity index (χ2n) is 5.53. The first-order valence-corrected chi connectivity index (χ1v) is 8.29. The summed E-state index contributed by atoms with van der Waals surface area (Å²) < 4.78 is 19.0. The van der Waals surface area contributed by atoms with Crippen LogP contribution in [0.15, 0.2) is 29.6 Å². The highest BCUT2D eigenvalue weighted by Gasteiger charge is 2.30. The summed E-state index contributed by atoms with van der Waals surface area (Å²) in [6.45, 7) is 3.17. The van der Waals surface area contributed by atoms with Crippen LogP contribution in [0.1, 0.15) is 34.1 Å². The minimum atomic E-state index is -0.290. The minimum Gasteiger partial charge on any atom is -0.367 e. The molecule has 1 aromatic carbocycles. The van der Waals surface area contributed by atoms with Gasteiger partial charge in [-0.05, 0) is 24.6 Å². The van der Waals surface area contributed by atoms with E-state index in [4.69, 9.17) is 10.5 Å². The van der Waals surface area contributed by atoms with Crippen LogP contribution >= 0.6 is 11.3 Å². The van der Waals surface area contributed by atoms with Crippen molar-refractivity contribution < 1.29 is 13.9 Å². The molecule has 1 aromatic heterocycles. The third kappa shape index (κ3) is 3.57. The lowest BCUT2D eigenvalue weighted by atomic mass is 10.1. The molecule has 0 radical (unpaired) electrons. The molecule has 1 saturated heterocycles. The summed E-state index contributed by atoms with van der Waals surface area (Å²) in [6, 6.07) is 6.18. The Balaban J connectivity index is 1.77. The molecule has 3 rings (SSSR count). The van der Waals surface area contributed by atoms with Crippen molar-refractivity contribution in [3.63, 3.8) is 0 Å². The maximum absolute atomic E-state index is 13.1. The second kappa shape index (κ2) is 6.74. The van der Waals surface area contributed by atoms with Crippen LogP contribution in [0.2, 0.25) is 0 Å². The summed E-state index contributed by atoms with van der Waals surface area (Å²) in [5.74, 6) is -0.412. The average Bonchev–Trinajstić information content (AvgIpc) is 3.03. The Bertz CT molecular complexity index is 689. The number of ether oxygens (including phenoxy) is 1. The number of nitrogens with two attached hydrogens (primary N) is 1. The molecule has 0 aliphatic carbocycles. The van der Waals surface area contributed by atoms with Crippen molar-refractivity contribution in [2.45, 2.75) is 25.7 Å². The van der Waals surface area contributed by atoms with Crippen LogP contribution in [-0.2, 0) is 11.3 Å². The van der Waals surface area contributed by atoms with E-state index in [1.165, 1.54) is 23.5 Å². The van der Waals surface area contributed by atoms with Crippen LogP contribution in [0.4, 0.5) is 4.39 Å². The van der Waals surface area contributed by atoms with Crippen molar-refractivity contribution >= 4 is 17.2 Å². The Labute approximate surface area is 137 Å². The Morgan fingerprint density at radius 3 is 2.83 bits per heavy atom. The molecular weight excluding hydrogens is 317 g/mol. The Morgan fingerprint density at radius 2 is 2.17 bits per heavy atom. The average molecular weight is 335 g/mol. The molecule has 1 aliphatic heterocycles. The standard InChI is InChI=1S/C16H18FN3O2S/c1-10-7-20(16(21)13-9-23-15(6-18)19-13)8-14(22-10)11-2-4-12(17)5-3-11/h2-5,9-10,14H,6-8,18H2,1H3/t10-,14-/m0/s1. The van der Waals surface area contributed by atoms with E-state index in [0.717, 1.165) is 10.6 Å². The van der Waals surface area contributed by atoms with Gasteiger partial charge in [-0.1, -0.05) is 12.1 Å². The van der Waals surface area contributed by atoms with Crippen molar-refractivity contribution in [3.8, 4) is 0 Å². The van der Waals surface area contributed by atoms with E-state index in [-0.39, 0.29) is 23.9 Å². The molecule has 2 heterocycles. The van der Waals surface area contributed by atoms with Crippen LogP contribution in [0.25, 0.3) is 0 Å². The largest absolute Gasteiger partial charge is 0.367 e. The number of carbonyl (C=O) groups excluding carboxylic acids is 1. The van der Waals surface area contributed by atoms with Crippen LogP contribution in [0, 0.1) is 5.82 Å². The van der Waals surface area contributed by atoms with Crippen molar-refractivity contribution in [2.75, 3.05) is 13.1 Å². The van der Waals surface area contributed by atoms with Crippen LogP contribution in [-0.4, -0.2) is 35.0 Å². The number of thiazole rings is 1. The summed E-state index contributed by atoms with van der Waals surface area (Å²) in [7, 11) is 0. The van der Waals surface area contributed by atoms with Gasteiger partial charge < -0.3 is 15.4 Å². The molecule has 1 aliphatic rings. The molecule has 7 heteroatoms. The fraction of sp³-hybridized carbons (Fsp3) is 0.375. The lowest BCUT2D eigenvalue weighted by Crippen LogP contribution is -2.46. The highest BCUT2D eigenvalue weighted by atomic mass is 32.1. The first-order chi connectivity index (χ1) is 11.1. The molecule has 2 aromatic rings. The van der Waals surface area contributed by atoms with Gasteiger partial charge in [0.2, 0.25) is 0 Å². The zero-order valence-corrected chi connectivity index (χ0v) is 13.6. The fourth-order valence-corrected chi connectivity index (χ4v) is 3.29. The normalized spacial score (nSPS) is 21.4. The number of amides is 1. The first-order valence-electron chi connectivity index (χ1n) is 7.41. The molecule has 5 nitrogen and oxygen atoms in total. The van der Waals surface area contributed by atoms with E-state index in [1.54, 1.807) is 22.4 Å². The van der Waals surface area contributed by atoms with Gasteiger partial charge in [-0.15, -0.1) is 11.3 Å². The Kier molecular flexibility index (Phi) is 4.70. The van der Waals surface area contributed by atoms with Crippen molar-refractivity contribution in [3.05, 3.63) is 51.7 Å². The monoisotopic (exact) mass is 335 g/mol. The number of benzene rings is 1. The minimum absolute atomic E-state index is 0.102. The smallest absolute Gasteiger partial charge is 0.273 e. The maximum Gasteiger partial charge on any atom is 0.273 e. The highest BCUT2D eigenvalue weighted by Crippen LogP contribution is 2.26. The number of morpholine rings is 1. The number of halogens is 1. The molecule has 122 valence electrons. The summed E-state index contributed by atoms with van der Waals surface area (Å²) in [5.41, 5.74) is 6.82. The molecule has 0 spiro atoms. The van der Waals surface area contributed by atoms with Crippen molar-refractivity contribution in [1.29, 1.82) is 0 Å². The lowest BCUT2D eigenvalue weighted by molar-refractivity contribution is -0.0693. The summed E-state index contributed by atoms with van der Waals surface area (Å²) in [6.07, 6.45) is -0.369. The lowest BCUT2D eigenvalue weighted by Gasteiger charge is -2.36. The number of hydrogen-bond donors (Lipinski definition) is 1. The number of nitrogens with zero attached hydrogens (tertiary/aromatic N) is 2. The van der Waals surface area contributed by atoms with Gasteiger partial charge in [0.15, 0.2) is 0 Å². The predicted molar refractivity (Wildman–Crippen MR) is 85.6 cm³/mol. The summed E-state index contributed by atoms with van der Waals surface area (Å²) in [4.78, 5) is 18.6. The van der Waals surface area contributed by atoms with E-state index < -0.39 is 0 Å². The fourth-order valence-electron chi connectivity index (χ4n) is 2.64. The quantitative estimate of drug-likeness (QED) is 0.935. The highest BCUT2D eigenvalue weighted by molar-refractivity contribution is 7.09. The zero-order chi connectivity index (χ0) is 16.4. The third-order valence-corrected chi connectivity index (χ3v) is 4.61. The molecule has 23 heavy (non-hydrogen) atoms. The third-order valence-electron chi connectivity index (χ3n) is 3.73. The molecule has 0 saturated carbocycles. The van der Waals surface area contributed by atoms with Gasteiger partial charge in [0, 0.05) is 18.5 Å². The Morgan fingerprint density at radius 1 is 1.43 bits per heavy atom. The van der Waals surface area contributed by atoms with Gasteiger partial charge in [-0.3, -0.25) is 4.79 Å². The number of hydrogen-bond acceptors (Lipinski definition) is 5. The van der Waals surface area contributed by atoms with Crippen LogP contribution < -0.4 is 5.73 Å². The topological polar surface area (TPSA) is 68.5 Å². The number of carbonyl (C=O) groups is 1. The summed E-state index contributed by atoms with van der Waals surface area (Å²) >= 11 is 1.38. The molecule has 2 atom stereocenters. The SMILES string of the molecule is C[C@H]1CN(C(=O)c2csc(CN)n2)C[C@@H](c2ccc(F)cc2)O1. The number of rotatable bonds is 3. The molecule has 0 unspecified atom stereocenters. The summed E-state index contributed by atoms with van der Waals surface area (Å²) in [5, 5.41) is 2.47. The number of aromatic nitrogens is 1. The zero-order valence-electron chi connectivity index (χ0n) is 12.7. The van der Waals surface area contributed by atoms with Crippen LogP contribution in [0.5, 0.6) is 0 Å². The van der Waals surface area contributed by atoms with Gasteiger partial charge >= 0.3 is 0 Å². The van der Waals surface area contributed by atoms with Gasteiger partial charge in [0.1, 0.15) is 22.6 Å². The van der Waals surface area contributed by atoms with E-state index >= 15 is 0 Å². The predicted octanol–water partition coefficient (Wildman–Crippen LogP) is 2.34. The van der Waals surface area contributed by atoms with Crippen molar-refractivity contribution in [2.24, 2.45) is 5.73 Å². The van der Waals surface area contributed by atoms with Gasteiger partial charge in [0.25, 0.3) is 5.91 Å².